The molecule has 3 N–H and O–H groups in total. The molecule has 0 aromatic heterocycles. The van der Waals surface area contributed by atoms with Gasteiger partial charge in [0.2, 0.25) is 0 Å². The Kier molecular flexibility index (Phi) is 4.81. The number of ether oxygens (including phenoxy) is 1. The van der Waals surface area contributed by atoms with Crippen LogP contribution in [0.1, 0.15) is 19.8 Å². The van der Waals surface area contributed by atoms with Crippen LogP contribution in [0.5, 0.6) is 0 Å². The molecule has 1 saturated heterocycles. The summed E-state index contributed by atoms with van der Waals surface area (Å²) in [6.07, 6.45) is 1.78. The Hall–Kier alpha value is -0.160. The summed E-state index contributed by atoms with van der Waals surface area (Å²) >= 11 is 0. The molecule has 1 fully saturated rings. The highest BCUT2D eigenvalue weighted by atomic mass is 16.5. The summed E-state index contributed by atoms with van der Waals surface area (Å²) in [6, 6.07) is 0. The van der Waals surface area contributed by atoms with Crippen molar-refractivity contribution in [1.29, 1.82) is 0 Å². The Balaban J connectivity index is 2.08. The minimum Gasteiger partial charge on any atom is -0.389 e. The van der Waals surface area contributed by atoms with Crippen molar-refractivity contribution in [2.75, 3.05) is 39.4 Å². The van der Waals surface area contributed by atoms with E-state index in [4.69, 9.17) is 10.5 Å². The SMILES string of the molecule is CC(O)(CN)CCCN1CCOCC1. The quantitative estimate of drug-likeness (QED) is 0.648. The van der Waals surface area contributed by atoms with Crippen molar-refractivity contribution < 1.29 is 9.84 Å². The monoisotopic (exact) mass is 202 g/mol. The average molecular weight is 202 g/mol. The van der Waals surface area contributed by atoms with Crippen molar-refractivity contribution in [3.8, 4) is 0 Å². The molecular formula is C10H22N2O2. The highest BCUT2D eigenvalue weighted by Gasteiger charge is 2.18. The van der Waals surface area contributed by atoms with Crippen molar-refractivity contribution in [2.45, 2.75) is 25.4 Å². The predicted molar refractivity (Wildman–Crippen MR) is 56.2 cm³/mol. The zero-order valence-corrected chi connectivity index (χ0v) is 9.04. The van der Waals surface area contributed by atoms with E-state index in [1.165, 1.54) is 0 Å². The third kappa shape index (κ3) is 4.37. The maximum absolute atomic E-state index is 9.68. The molecule has 0 aromatic rings. The van der Waals surface area contributed by atoms with Crippen molar-refractivity contribution in [2.24, 2.45) is 5.73 Å². The Morgan fingerprint density at radius 3 is 2.64 bits per heavy atom. The Labute approximate surface area is 86.0 Å². The minimum atomic E-state index is -0.688. The molecule has 1 unspecified atom stereocenters. The van der Waals surface area contributed by atoms with Crippen LogP contribution in [0.25, 0.3) is 0 Å². The van der Waals surface area contributed by atoms with E-state index in [0.717, 1.165) is 45.7 Å². The maximum Gasteiger partial charge on any atom is 0.0741 e. The molecule has 0 spiro atoms. The predicted octanol–water partition coefficient (Wildman–Crippen LogP) is -0.192. The second kappa shape index (κ2) is 5.66. The van der Waals surface area contributed by atoms with Gasteiger partial charge in [-0.05, 0) is 26.3 Å². The van der Waals surface area contributed by atoms with Crippen LogP contribution in [0.2, 0.25) is 0 Å². The van der Waals surface area contributed by atoms with Gasteiger partial charge in [-0.2, -0.15) is 0 Å². The summed E-state index contributed by atoms with van der Waals surface area (Å²) in [5, 5.41) is 9.68. The first-order valence-electron chi connectivity index (χ1n) is 5.36. The van der Waals surface area contributed by atoms with Gasteiger partial charge in [0.15, 0.2) is 0 Å². The lowest BCUT2D eigenvalue weighted by atomic mass is 10.0. The summed E-state index contributed by atoms with van der Waals surface area (Å²) in [4.78, 5) is 2.37. The molecule has 0 radical (unpaired) electrons. The van der Waals surface area contributed by atoms with Crippen LogP contribution in [0, 0.1) is 0 Å². The number of hydrogen-bond acceptors (Lipinski definition) is 4. The van der Waals surface area contributed by atoms with Gasteiger partial charge in [-0.25, -0.2) is 0 Å². The molecule has 1 atom stereocenters. The molecule has 1 aliphatic heterocycles. The normalized spacial score (nSPS) is 23.4. The summed E-state index contributed by atoms with van der Waals surface area (Å²) < 4.78 is 5.26. The smallest absolute Gasteiger partial charge is 0.0741 e. The van der Waals surface area contributed by atoms with Crippen molar-refractivity contribution in [3.05, 3.63) is 0 Å². The van der Waals surface area contributed by atoms with E-state index in [-0.39, 0.29) is 0 Å². The minimum absolute atomic E-state index is 0.343. The topological polar surface area (TPSA) is 58.7 Å². The molecule has 0 saturated carbocycles. The van der Waals surface area contributed by atoms with Gasteiger partial charge in [-0.1, -0.05) is 0 Å². The molecule has 0 amide bonds. The van der Waals surface area contributed by atoms with E-state index < -0.39 is 5.60 Å². The van der Waals surface area contributed by atoms with Crippen molar-refractivity contribution >= 4 is 0 Å². The Morgan fingerprint density at radius 1 is 1.43 bits per heavy atom. The fourth-order valence-corrected chi connectivity index (χ4v) is 1.61. The molecule has 1 rings (SSSR count). The lowest BCUT2D eigenvalue weighted by Gasteiger charge is -2.28. The first-order valence-corrected chi connectivity index (χ1v) is 5.36. The summed E-state index contributed by atoms with van der Waals surface area (Å²) in [5.74, 6) is 0. The molecule has 4 heteroatoms. The second-order valence-corrected chi connectivity index (χ2v) is 4.26. The van der Waals surface area contributed by atoms with Gasteiger partial charge in [0.25, 0.3) is 0 Å². The second-order valence-electron chi connectivity index (χ2n) is 4.26. The van der Waals surface area contributed by atoms with E-state index in [0.29, 0.717) is 6.54 Å². The zero-order valence-electron chi connectivity index (χ0n) is 9.04. The van der Waals surface area contributed by atoms with E-state index in [1.807, 2.05) is 0 Å². The summed E-state index contributed by atoms with van der Waals surface area (Å²) in [7, 11) is 0. The van der Waals surface area contributed by atoms with Crippen LogP contribution in [0.4, 0.5) is 0 Å². The zero-order chi connectivity index (χ0) is 10.4. The van der Waals surface area contributed by atoms with Gasteiger partial charge >= 0.3 is 0 Å². The molecule has 1 heterocycles. The number of nitrogens with zero attached hydrogens (tertiary/aromatic N) is 1. The van der Waals surface area contributed by atoms with Gasteiger partial charge in [0, 0.05) is 19.6 Å². The highest BCUT2D eigenvalue weighted by molar-refractivity contribution is 4.74. The third-order valence-corrected chi connectivity index (χ3v) is 2.73. The number of morpholine rings is 1. The molecule has 1 aliphatic rings. The van der Waals surface area contributed by atoms with Crippen molar-refractivity contribution in [1.82, 2.24) is 4.90 Å². The average Bonchev–Trinajstić information content (AvgIpc) is 2.19. The highest BCUT2D eigenvalue weighted by Crippen LogP contribution is 2.10. The van der Waals surface area contributed by atoms with Crippen LogP contribution < -0.4 is 5.73 Å². The van der Waals surface area contributed by atoms with Crippen LogP contribution in [0.15, 0.2) is 0 Å². The largest absolute Gasteiger partial charge is 0.389 e. The van der Waals surface area contributed by atoms with Crippen LogP contribution in [0.3, 0.4) is 0 Å². The number of rotatable bonds is 5. The molecular weight excluding hydrogens is 180 g/mol. The van der Waals surface area contributed by atoms with Crippen LogP contribution in [-0.2, 0) is 4.74 Å². The van der Waals surface area contributed by atoms with Gasteiger partial charge in [0.05, 0.1) is 18.8 Å². The van der Waals surface area contributed by atoms with Crippen molar-refractivity contribution in [3.63, 3.8) is 0 Å². The maximum atomic E-state index is 9.68. The van der Waals surface area contributed by atoms with E-state index in [2.05, 4.69) is 4.90 Å². The fourth-order valence-electron chi connectivity index (χ4n) is 1.61. The standard InChI is InChI=1S/C10H22N2O2/c1-10(13,9-11)3-2-4-12-5-7-14-8-6-12/h13H,2-9,11H2,1H3. The first-order chi connectivity index (χ1) is 6.64. The van der Waals surface area contributed by atoms with E-state index in [9.17, 15) is 5.11 Å². The van der Waals surface area contributed by atoms with Gasteiger partial charge in [-0.3, -0.25) is 4.90 Å². The van der Waals surface area contributed by atoms with Crippen LogP contribution in [-0.4, -0.2) is 55.0 Å². The molecule has 0 aliphatic carbocycles. The van der Waals surface area contributed by atoms with Gasteiger partial charge in [-0.15, -0.1) is 0 Å². The molecule has 4 nitrogen and oxygen atoms in total. The first kappa shape index (κ1) is 11.9. The summed E-state index contributed by atoms with van der Waals surface area (Å²) in [5.41, 5.74) is 4.75. The lowest BCUT2D eigenvalue weighted by Crippen LogP contribution is -2.39. The Morgan fingerprint density at radius 2 is 2.07 bits per heavy atom. The number of nitrogens with two attached hydrogens (primary N) is 1. The van der Waals surface area contributed by atoms with E-state index >= 15 is 0 Å². The van der Waals surface area contributed by atoms with E-state index in [1.54, 1.807) is 6.92 Å². The van der Waals surface area contributed by atoms with Crippen LogP contribution >= 0.6 is 0 Å². The molecule has 14 heavy (non-hydrogen) atoms. The van der Waals surface area contributed by atoms with Gasteiger partial charge < -0.3 is 15.6 Å². The van der Waals surface area contributed by atoms with Gasteiger partial charge in [0.1, 0.15) is 0 Å². The fraction of sp³-hybridized carbons (Fsp3) is 1.00. The molecule has 84 valence electrons. The lowest BCUT2D eigenvalue weighted by molar-refractivity contribution is 0.0266. The summed E-state index contributed by atoms with van der Waals surface area (Å²) in [6.45, 7) is 6.90. The number of aliphatic hydroxyl groups is 1. The molecule has 0 bridgehead atoms. The Bertz CT molecular complexity index is 156. The number of hydrogen-bond donors (Lipinski definition) is 2. The molecule has 0 aromatic carbocycles. The third-order valence-electron chi connectivity index (χ3n) is 2.73.